The Kier molecular flexibility index (Phi) is 3.93. The molecule has 1 N–H and O–H groups in total. The van der Waals surface area contributed by atoms with E-state index in [9.17, 15) is 0 Å². The Morgan fingerprint density at radius 1 is 1.86 bits per heavy atom. The lowest BCUT2D eigenvalue weighted by molar-refractivity contribution is 0.952. The van der Waals surface area contributed by atoms with Crippen molar-refractivity contribution in [3.05, 3.63) is 0 Å². The van der Waals surface area contributed by atoms with Gasteiger partial charge >= 0.3 is 0 Å². The summed E-state index contributed by atoms with van der Waals surface area (Å²) >= 11 is 0. The zero-order valence-corrected chi connectivity index (χ0v) is 7.15. The average Bonchev–Trinajstić information content (AvgIpc) is 1.68. The quantitative estimate of drug-likeness (QED) is 0.348. The van der Waals surface area contributed by atoms with E-state index >= 15 is 0 Å². The minimum atomic E-state index is 0.961. The van der Waals surface area contributed by atoms with Crippen molar-refractivity contribution in [3.8, 4) is 0 Å². The second-order valence-electron chi connectivity index (χ2n) is 1.49. The maximum absolute atomic E-state index is 3.99. The van der Waals surface area contributed by atoms with Gasteiger partial charge in [0.25, 0.3) is 0 Å². The molecule has 0 saturated carbocycles. The van der Waals surface area contributed by atoms with Gasteiger partial charge in [-0.25, -0.2) is 0 Å². The van der Waals surface area contributed by atoms with E-state index in [1.807, 2.05) is 14.1 Å². The molecule has 0 rings (SSSR count). The predicted molar refractivity (Wildman–Crippen MR) is 37.2 cm³/mol. The van der Waals surface area contributed by atoms with Crippen LogP contribution in [0.15, 0.2) is 4.99 Å². The Bertz CT molecular complexity index is 70.1. The van der Waals surface area contributed by atoms with E-state index in [-0.39, 0.29) is 0 Å². The first-order chi connectivity index (χ1) is 3.31. The Labute approximate surface area is 47.5 Å². The van der Waals surface area contributed by atoms with Crippen LogP contribution in [0.3, 0.4) is 0 Å². The molecule has 0 aromatic heterocycles. The summed E-state index contributed by atoms with van der Waals surface area (Å²) in [6.45, 7) is 0.961. The zero-order chi connectivity index (χ0) is 5.70. The van der Waals surface area contributed by atoms with Crippen molar-refractivity contribution in [2.75, 3.05) is 20.6 Å². The number of hydrogen-bond donors (Lipinski definition) is 1. The molecule has 0 saturated heterocycles. The molecule has 0 unspecified atom stereocenters. The molecule has 2 nitrogen and oxygen atoms in total. The third-order valence-electron chi connectivity index (χ3n) is 0.814. The smallest absolute Gasteiger partial charge is 0.0580 e. The monoisotopic (exact) mass is 116 g/mol. The highest BCUT2D eigenvalue weighted by atomic mass is 28.1. The third-order valence-corrected chi connectivity index (χ3v) is 1.62. The lowest BCUT2D eigenvalue weighted by Crippen LogP contribution is -2.18. The topological polar surface area (TPSA) is 24.4 Å². The highest BCUT2D eigenvalue weighted by Gasteiger charge is 1.80. The molecule has 0 radical (unpaired) electrons. The van der Waals surface area contributed by atoms with Crippen molar-refractivity contribution in [2.45, 2.75) is 0 Å². The fraction of sp³-hybridized carbons (Fsp3) is 0.750. The molecule has 0 amide bonds. The van der Waals surface area contributed by atoms with Crippen LogP contribution in [0.1, 0.15) is 0 Å². The summed E-state index contributed by atoms with van der Waals surface area (Å²) in [6.07, 6.45) is 0. The lowest BCUT2D eigenvalue weighted by atomic mass is 10.7. The number of rotatable bonds is 2. The number of aliphatic imine (C=N–C) groups is 1. The summed E-state index contributed by atoms with van der Waals surface area (Å²) in [5.41, 5.74) is 0. The second-order valence-corrected chi connectivity index (χ2v) is 2.64. The normalized spacial score (nSPS) is 12.6. The first-order valence-electron chi connectivity index (χ1n) is 2.38. The van der Waals surface area contributed by atoms with Gasteiger partial charge < -0.3 is 10.3 Å². The van der Waals surface area contributed by atoms with Gasteiger partial charge in [0.1, 0.15) is 0 Å². The molecule has 42 valence electrons. The Morgan fingerprint density at radius 2 is 2.43 bits per heavy atom. The van der Waals surface area contributed by atoms with Crippen molar-refractivity contribution in [3.63, 3.8) is 0 Å². The Hall–Kier alpha value is -0.153. The van der Waals surface area contributed by atoms with Crippen LogP contribution in [0.25, 0.3) is 0 Å². The highest BCUT2D eigenvalue weighted by molar-refractivity contribution is 6.60. The van der Waals surface area contributed by atoms with E-state index in [0.717, 1.165) is 16.8 Å². The standard InChI is InChI=1S/C4H12N2Si/c1-5-3-4(7)6-2/h5H,3H2,1-2,7H3. The van der Waals surface area contributed by atoms with E-state index in [1.54, 1.807) is 0 Å². The van der Waals surface area contributed by atoms with Gasteiger partial charge in [-0.3, -0.25) is 0 Å². The van der Waals surface area contributed by atoms with Crippen LogP contribution in [-0.2, 0) is 0 Å². The first-order valence-corrected chi connectivity index (χ1v) is 3.38. The summed E-state index contributed by atoms with van der Waals surface area (Å²) in [6, 6.07) is 0. The van der Waals surface area contributed by atoms with Gasteiger partial charge in [0.2, 0.25) is 0 Å². The predicted octanol–water partition coefficient (Wildman–Crippen LogP) is -1.40. The van der Waals surface area contributed by atoms with Gasteiger partial charge in [-0.15, -0.1) is 0 Å². The number of nitrogens with one attached hydrogen (secondary N) is 1. The maximum Gasteiger partial charge on any atom is 0.0580 e. The number of hydrogen-bond acceptors (Lipinski definition) is 2. The fourth-order valence-electron chi connectivity index (χ4n) is 0.335. The molecule has 0 atom stereocenters. The van der Waals surface area contributed by atoms with Crippen LogP contribution in [-0.4, -0.2) is 36.2 Å². The van der Waals surface area contributed by atoms with Gasteiger partial charge in [0.15, 0.2) is 0 Å². The van der Waals surface area contributed by atoms with Crippen molar-refractivity contribution in [2.24, 2.45) is 4.99 Å². The molecule has 7 heavy (non-hydrogen) atoms. The van der Waals surface area contributed by atoms with Crippen LogP contribution in [0.2, 0.25) is 0 Å². The molecule has 0 heterocycles. The van der Waals surface area contributed by atoms with Crippen LogP contribution in [0.4, 0.5) is 0 Å². The summed E-state index contributed by atoms with van der Waals surface area (Å²) in [7, 11) is 4.85. The van der Waals surface area contributed by atoms with Crippen molar-refractivity contribution in [1.82, 2.24) is 5.32 Å². The van der Waals surface area contributed by atoms with E-state index < -0.39 is 0 Å². The molecule has 0 fully saturated rings. The van der Waals surface area contributed by atoms with Gasteiger partial charge in [-0.1, -0.05) is 0 Å². The minimum Gasteiger partial charge on any atom is -0.315 e. The molecule has 0 aliphatic heterocycles. The molecule has 0 aromatic rings. The molecule has 3 heteroatoms. The molecular weight excluding hydrogens is 104 g/mol. The maximum atomic E-state index is 3.99. The fourth-order valence-corrected chi connectivity index (χ4v) is 0.688. The number of nitrogens with zero attached hydrogens (tertiary/aromatic N) is 1. The van der Waals surface area contributed by atoms with E-state index in [0.29, 0.717) is 0 Å². The summed E-state index contributed by atoms with van der Waals surface area (Å²) in [4.78, 5) is 3.99. The molecule has 0 aliphatic carbocycles. The summed E-state index contributed by atoms with van der Waals surface area (Å²) in [5, 5.41) is 4.30. The van der Waals surface area contributed by atoms with Gasteiger partial charge in [-0.05, 0) is 12.4 Å². The lowest BCUT2D eigenvalue weighted by Gasteiger charge is -1.92. The SMILES string of the molecule is CN=C([SiH3])CNC. The Balaban J connectivity index is 3.17. The van der Waals surface area contributed by atoms with Gasteiger partial charge in [0, 0.05) is 13.6 Å². The highest BCUT2D eigenvalue weighted by Crippen LogP contribution is 1.61. The molecule has 0 aliphatic rings. The summed E-state index contributed by atoms with van der Waals surface area (Å²) in [5.74, 6) is 0. The van der Waals surface area contributed by atoms with Crippen molar-refractivity contribution in [1.29, 1.82) is 0 Å². The van der Waals surface area contributed by atoms with Gasteiger partial charge in [0.05, 0.1) is 10.2 Å². The van der Waals surface area contributed by atoms with E-state index in [4.69, 9.17) is 0 Å². The zero-order valence-electron chi connectivity index (χ0n) is 5.15. The van der Waals surface area contributed by atoms with Crippen LogP contribution in [0, 0.1) is 0 Å². The first kappa shape index (κ1) is 6.85. The van der Waals surface area contributed by atoms with Crippen molar-refractivity contribution < 1.29 is 0 Å². The van der Waals surface area contributed by atoms with Crippen molar-refractivity contribution >= 4 is 15.6 Å². The average molecular weight is 116 g/mol. The third kappa shape index (κ3) is 3.68. The van der Waals surface area contributed by atoms with E-state index in [1.165, 1.54) is 5.33 Å². The minimum absolute atomic E-state index is 0.961. The molecular formula is C4H12N2Si. The van der Waals surface area contributed by atoms with E-state index in [2.05, 4.69) is 10.3 Å². The van der Waals surface area contributed by atoms with Crippen LogP contribution < -0.4 is 5.32 Å². The van der Waals surface area contributed by atoms with Crippen LogP contribution in [0.5, 0.6) is 0 Å². The molecule has 0 aromatic carbocycles. The second kappa shape index (κ2) is 4.02. The Morgan fingerprint density at radius 3 is 2.57 bits per heavy atom. The van der Waals surface area contributed by atoms with Gasteiger partial charge in [-0.2, -0.15) is 0 Å². The van der Waals surface area contributed by atoms with Crippen LogP contribution >= 0.6 is 0 Å². The largest absolute Gasteiger partial charge is 0.315 e. The molecule has 0 spiro atoms. The molecule has 0 bridgehead atoms. The summed E-state index contributed by atoms with van der Waals surface area (Å²) < 4.78 is 0.